The Bertz CT molecular complexity index is 747. The molecule has 27 heavy (non-hydrogen) atoms. The van der Waals surface area contributed by atoms with Gasteiger partial charge in [0, 0.05) is 38.9 Å². The van der Waals surface area contributed by atoms with Crippen LogP contribution < -0.4 is 15.1 Å². The first-order chi connectivity index (χ1) is 12.5. The molecule has 1 aliphatic rings. The van der Waals surface area contributed by atoms with Crippen LogP contribution in [-0.4, -0.2) is 56.0 Å². The van der Waals surface area contributed by atoms with Gasteiger partial charge in [-0.15, -0.1) is 0 Å². The summed E-state index contributed by atoms with van der Waals surface area (Å²) in [7, 11) is 1.63. The van der Waals surface area contributed by atoms with Crippen LogP contribution in [0.2, 0.25) is 0 Å². The fourth-order valence-electron chi connectivity index (χ4n) is 3.80. The van der Waals surface area contributed by atoms with Crippen LogP contribution in [0.5, 0.6) is 0 Å². The van der Waals surface area contributed by atoms with E-state index in [2.05, 4.69) is 10.2 Å². The van der Waals surface area contributed by atoms with Crippen molar-refractivity contribution in [2.24, 2.45) is 0 Å². The maximum absolute atomic E-state index is 12.6. The molecular weight excluding hydrogens is 346 g/mol. The van der Waals surface area contributed by atoms with E-state index in [4.69, 9.17) is 4.74 Å². The molecule has 2 rings (SSSR count). The zero-order chi connectivity index (χ0) is 20.5. The highest BCUT2D eigenvalue weighted by Crippen LogP contribution is 2.39. The Kier molecular flexibility index (Phi) is 6.04. The fraction of sp³-hybridized carbons (Fsp3) is 0.600. The maximum Gasteiger partial charge on any atom is 0.414 e. The van der Waals surface area contributed by atoms with Crippen LogP contribution in [0.4, 0.5) is 16.2 Å². The number of carboxylic acids is 1. The summed E-state index contributed by atoms with van der Waals surface area (Å²) in [5.74, 6) is -0.986. The Morgan fingerprint density at radius 3 is 2.11 bits per heavy atom. The predicted molar refractivity (Wildman–Crippen MR) is 107 cm³/mol. The van der Waals surface area contributed by atoms with Gasteiger partial charge in [0.25, 0.3) is 0 Å². The largest absolute Gasteiger partial charge is 0.478 e. The van der Waals surface area contributed by atoms with Crippen LogP contribution in [0, 0.1) is 20.8 Å². The monoisotopic (exact) mass is 377 g/mol. The van der Waals surface area contributed by atoms with Gasteiger partial charge in [0.15, 0.2) is 0 Å². The van der Waals surface area contributed by atoms with Crippen molar-refractivity contribution >= 4 is 23.4 Å². The molecule has 0 spiro atoms. The molecule has 1 aromatic rings. The van der Waals surface area contributed by atoms with E-state index in [9.17, 15) is 14.7 Å². The van der Waals surface area contributed by atoms with Crippen molar-refractivity contribution in [3.63, 3.8) is 0 Å². The Balaban J connectivity index is 2.64. The van der Waals surface area contributed by atoms with Crippen molar-refractivity contribution in [2.45, 2.75) is 47.1 Å². The average Bonchev–Trinajstić information content (AvgIpc) is 2.53. The van der Waals surface area contributed by atoms with Crippen LogP contribution in [0.1, 0.15) is 47.8 Å². The van der Waals surface area contributed by atoms with Crippen molar-refractivity contribution in [1.82, 2.24) is 5.32 Å². The summed E-state index contributed by atoms with van der Waals surface area (Å²) in [6.07, 6.45) is -0.500. The highest BCUT2D eigenvalue weighted by Gasteiger charge is 2.29. The van der Waals surface area contributed by atoms with E-state index in [1.807, 2.05) is 34.6 Å². The predicted octanol–water partition coefficient (Wildman–Crippen LogP) is 3.09. The number of hydrogen-bond acceptors (Lipinski definition) is 5. The quantitative estimate of drug-likeness (QED) is 0.842. The number of benzene rings is 1. The Labute approximate surface area is 161 Å². The van der Waals surface area contributed by atoms with Gasteiger partial charge in [-0.05, 0) is 58.2 Å². The molecule has 1 amide bonds. The molecule has 0 bridgehead atoms. The first-order valence-electron chi connectivity index (χ1n) is 9.25. The van der Waals surface area contributed by atoms with Crippen molar-refractivity contribution < 1.29 is 19.4 Å². The third-order valence-electron chi connectivity index (χ3n) is 4.82. The summed E-state index contributed by atoms with van der Waals surface area (Å²) in [5, 5.41) is 13.1. The molecule has 1 saturated heterocycles. The molecule has 1 aromatic carbocycles. The minimum absolute atomic E-state index is 0.250. The Morgan fingerprint density at radius 1 is 1.07 bits per heavy atom. The highest BCUT2D eigenvalue weighted by atomic mass is 16.6. The van der Waals surface area contributed by atoms with Crippen molar-refractivity contribution in [3.05, 3.63) is 22.3 Å². The van der Waals surface area contributed by atoms with Crippen molar-refractivity contribution in [1.29, 1.82) is 0 Å². The molecule has 1 fully saturated rings. The molecule has 0 radical (unpaired) electrons. The minimum atomic E-state index is -0.986. The second-order valence-electron chi connectivity index (χ2n) is 8.03. The third-order valence-corrected chi connectivity index (χ3v) is 4.82. The number of piperazine rings is 1. The zero-order valence-electron chi connectivity index (χ0n) is 17.4. The first kappa shape index (κ1) is 21.0. The van der Waals surface area contributed by atoms with Gasteiger partial charge in [-0.25, -0.2) is 9.59 Å². The van der Waals surface area contributed by atoms with Crippen LogP contribution in [-0.2, 0) is 4.74 Å². The van der Waals surface area contributed by atoms with E-state index in [1.165, 1.54) is 4.90 Å². The number of carbonyl (C=O) groups is 2. The first-order valence-corrected chi connectivity index (χ1v) is 9.25. The minimum Gasteiger partial charge on any atom is -0.478 e. The fourth-order valence-corrected chi connectivity index (χ4v) is 3.80. The van der Waals surface area contributed by atoms with Crippen molar-refractivity contribution in [2.75, 3.05) is 43.0 Å². The molecule has 0 saturated carbocycles. The van der Waals surface area contributed by atoms with Gasteiger partial charge >= 0.3 is 12.1 Å². The highest BCUT2D eigenvalue weighted by molar-refractivity contribution is 6.00. The molecule has 2 N–H and O–H groups in total. The summed E-state index contributed by atoms with van der Waals surface area (Å²) in [6, 6.07) is 0. The summed E-state index contributed by atoms with van der Waals surface area (Å²) in [4.78, 5) is 28.3. The van der Waals surface area contributed by atoms with E-state index in [-0.39, 0.29) is 5.56 Å². The number of ether oxygens (including phenoxy) is 1. The SMILES string of the molecule is Cc1c(C(=O)O)c(C)c(N(C)C(=O)OC(C)(C)C)c(C)c1N1CCNCC1. The molecular formula is C20H31N3O4. The molecule has 0 aromatic heterocycles. The lowest BCUT2D eigenvalue weighted by Gasteiger charge is -2.35. The number of amides is 1. The molecule has 150 valence electrons. The lowest BCUT2D eigenvalue weighted by atomic mass is 9.93. The van der Waals surface area contributed by atoms with E-state index >= 15 is 0 Å². The van der Waals surface area contributed by atoms with E-state index in [1.54, 1.807) is 14.0 Å². The van der Waals surface area contributed by atoms with Gasteiger partial charge in [-0.2, -0.15) is 0 Å². The molecule has 0 unspecified atom stereocenters. The average molecular weight is 377 g/mol. The van der Waals surface area contributed by atoms with Gasteiger partial charge in [-0.3, -0.25) is 4.90 Å². The molecule has 0 atom stereocenters. The number of carboxylic acid groups (broad SMARTS) is 1. The Hall–Kier alpha value is -2.28. The van der Waals surface area contributed by atoms with Crippen LogP contribution >= 0.6 is 0 Å². The summed E-state index contributed by atoms with van der Waals surface area (Å²) < 4.78 is 5.50. The number of aromatic carboxylic acids is 1. The number of rotatable bonds is 3. The van der Waals surface area contributed by atoms with E-state index in [0.29, 0.717) is 11.3 Å². The van der Waals surface area contributed by atoms with Crippen LogP contribution in [0.3, 0.4) is 0 Å². The maximum atomic E-state index is 12.6. The normalized spacial score (nSPS) is 14.9. The summed E-state index contributed by atoms with van der Waals surface area (Å²) >= 11 is 0. The number of anilines is 2. The van der Waals surface area contributed by atoms with Gasteiger partial charge < -0.3 is 20.1 Å². The second-order valence-corrected chi connectivity index (χ2v) is 8.03. The lowest BCUT2D eigenvalue weighted by molar-refractivity contribution is 0.0586. The number of carbonyl (C=O) groups excluding carboxylic acids is 1. The van der Waals surface area contributed by atoms with Crippen LogP contribution in [0.15, 0.2) is 0 Å². The van der Waals surface area contributed by atoms with Gasteiger partial charge in [0.1, 0.15) is 5.60 Å². The van der Waals surface area contributed by atoms with Gasteiger partial charge in [0.05, 0.1) is 11.3 Å². The topological polar surface area (TPSA) is 82.1 Å². The number of nitrogens with one attached hydrogen (secondary N) is 1. The zero-order valence-corrected chi connectivity index (χ0v) is 17.4. The Morgan fingerprint density at radius 2 is 1.63 bits per heavy atom. The van der Waals surface area contributed by atoms with Gasteiger partial charge in [0.2, 0.25) is 0 Å². The third kappa shape index (κ3) is 4.35. The smallest absolute Gasteiger partial charge is 0.414 e. The molecule has 1 aliphatic heterocycles. The molecule has 7 nitrogen and oxygen atoms in total. The standard InChI is InChI=1S/C20H31N3O4/c1-12-15(18(24)25)13(2)17(23-10-8-21-9-11-23)14(3)16(12)22(7)19(26)27-20(4,5)6/h21H,8-11H2,1-7H3,(H,24,25). The molecule has 0 aliphatic carbocycles. The van der Waals surface area contributed by atoms with E-state index < -0.39 is 17.7 Å². The summed E-state index contributed by atoms with van der Waals surface area (Å²) in [6.45, 7) is 14.2. The molecule has 7 heteroatoms. The molecule has 1 heterocycles. The van der Waals surface area contributed by atoms with E-state index in [0.717, 1.165) is 43.0 Å². The lowest BCUT2D eigenvalue weighted by Crippen LogP contribution is -2.44. The number of nitrogens with zero attached hydrogens (tertiary/aromatic N) is 2. The van der Waals surface area contributed by atoms with Crippen LogP contribution in [0.25, 0.3) is 0 Å². The summed E-state index contributed by atoms with van der Waals surface area (Å²) in [5.41, 5.74) is 3.32. The second kappa shape index (κ2) is 7.76. The number of hydrogen-bond donors (Lipinski definition) is 2. The van der Waals surface area contributed by atoms with Gasteiger partial charge in [-0.1, -0.05) is 0 Å². The van der Waals surface area contributed by atoms with Crippen molar-refractivity contribution in [3.8, 4) is 0 Å².